The molecule has 2 unspecified atom stereocenters. The van der Waals surface area contributed by atoms with Gasteiger partial charge in [0.15, 0.2) is 5.78 Å². The van der Waals surface area contributed by atoms with Gasteiger partial charge in [0, 0.05) is 12.1 Å². The van der Waals surface area contributed by atoms with Crippen molar-refractivity contribution in [3.05, 3.63) is 51.1 Å². The summed E-state index contributed by atoms with van der Waals surface area (Å²) in [5.41, 5.74) is 1.03. The first-order valence-corrected chi connectivity index (χ1v) is 7.65. The predicted octanol–water partition coefficient (Wildman–Crippen LogP) is 3.24. The quantitative estimate of drug-likeness (QED) is 0.352. The molecule has 0 saturated heterocycles. The number of Topliss-reactive ketones (excluding diaryl/α,β-unsaturated/α-hetero) is 1. The van der Waals surface area contributed by atoms with Gasteiger partial charge in [0.2, 0.25) is 0 Å². The Hall–Kier alpha value is -2.25. The number of nitro groups is 1. The van der Waals surface area contributed by atoms with E-state index in [1.165, 1.54) is 24.3 Å². The molecule has 0 radical (unpaired) electrons. The highest BCUT2D eigenvalue weighted by atomic mass is 35.5. The number of carbonyl (C=O) groups excluding carboxylic acids is 2. The van der Waals surface area contributed by atoms with Gasteiger partial charge >= 0.3 is 5.97 Å². The van der Waals surface area contributed by atoms with Crippen molar-refractivity contribution < 1.29 is 19.3 Å². The van der Waals surface area contributed by atoms with Gasteiger partial charge in [0.1, 0.15) is 16.5 Å². The van der Waals surface area contributed by atoms with Crippen LogP contribution >= 0.6 is 23.2 Å². The maximum Gasteiger partial charge on any atom is 0.365 e. The van der Waals surface area contributed by atoms with Crippen molar-refractivity contribution in [2.45, 2.75) is 24.6 Å². The van der Waals surface area contributed by atoms with E-state index < -0.39 is 21.6 Å². The molecule has 9 heteroatoms. The Balaban J connectivity index is 2.21. The van der Waals surface area contributed by atoms with E-state index in [0.717, 1.165) is 0 Å². The number of nitrogens with zero attached hydrogens (tertiary/aromatic N) is 2. The Morgan fingerprint density at radius 2 is 1.75 bits per heavy atom. The minimum absolute atomic E-state index is 0.0868. The summed E-state index contributed by atoms with van der Waals surface area (Å²) in [5.74, 6) is -1.11. The SMILES string of the molecule is CC1=C(C)/C(=N\OC(=O)c2ccc([N+](=O)[O-])cc2)C(Cl)C(Cl)C1=O. The van der Waals surface area contributed by atoms with Crippen molar-refractivity contribution in [1.82, 2.24) is 0 Å². The zero-order valence-electron chi connectivity index (χ0n) is 12.7. The van der Waals surface area contributed by atoms with E-state index in [2.05, 4.69) is 5.16 Å². The van der Waals surface area contributed by atoms with E-state index >= 15 is 0 Å². The number of carbonyl (C=O) groups is 2. The normalized spacial score (nSPS) is 22.7. The summed E-state index contributed by atoms with van der Waals surface area (Å²) < 4.78 is 0. The van der Waals surface area contributed by atoms with Crippen molar-refractivity contribution >= 4 is 46.4 Å². The molecule has 0 N–H and O–H groups in total. The summed E-state index contributed by atoms with van der Waals surface area (Å²) in [6, 6.07) is 4.86. The van der Waals surface area contributed by atoms with Crippen LogP contribution in [0.15, 0.2) is 40.6 Å². The number of allylic oxidation sites excluding steroid dienone is 2. The van der Waals surface area contributed by atoms with Crippen LogP contribution in [0, 0.1) is 10.1 Å². The summed E-state index contributed by atoms with van der Waals surface area (Å²) >= 11 is 12.0. The lowest BCUT2D eigenvalue weighted by Crippen LogP contribution is -2.38. The van der Waals surface area contributed by atoms with E-state index in [-0.39, 0.29) is 22.7 Å². The lowest BCUT2D eigenvalue weighted by Gasteiger charge is -2.24. The Morgan fingerprint density at radius 3 is 2.29 bits per heavy atom. The molecule has 1 aromatic carbocycles. The summed E-state index contributed by atoms with van der Waals surface area (Å²) in [7, 11) is 0. The molecule has 126 valence electrons. The molecule has 2 atom stereocenters. The van der Waals surface area contributed by atoms with E-state index in [9.17, 15) is 19.7 Å². The van der Waals surface area contributed by atoms with Crippen molar-refractivity contribution in [3.8, 4) is 0 Å². The van der Waals surface area contributed by atoms with Crippen LogP contribution in [0.1, 0.15) is 24.2 Å². The fraction of sp³-hybridized carbons (Fsp3) is 0.267. The molecule has 0 aliphatic heterocycles. The number of hydrogen-bond donors (Lipinski definition) is 0. The van der Waals surface area contributed by atoms with Gasteiger partial charge < -0.3 is 4.84 Å². The average Bonchev–Trinajstić information content (AvgIpc) is 2.58. The second-order valence-corrected chi connectivity index (χ2v) is 6.02. The van der Waals surface area contributed by atoms with Crippen LogP contribution in [0.2, 0.25) is 0 Å². The number of alkyl halides is 2. The van der Waals surface area contributed by atoms with Gasteiger partial charge in [-0.2, -0.15) is 0 Å². The first kappa shape index (κ1) is 18.1. The lowest BCUT2D eigenvalue weighted by atomic mass is 9.90. The molecule has 24 heavy (non-hydrogen) atoms. The molecule has 1 aliphatic rings. The lowest BCUT2D eigenvalue weighted by molar-refractivity contribution is -0.384. The summed E-state index contributed by atoms with van der Waals surface area (Å²) in [6.45, 7) is 3.22. The first-order chi connectivity index (χ1) is 11.2. The number of nitro benzene ring substituents is 1. The Kier molecular flexibility index (Phi) is 5.36. The second-order valence-electron chi connectivity index (χ2n) is 5.08. The maximum atomic E-state index is 12.0. The van der Waals surface area contributed by atoms with Crippen molar-refractivity contribution in [1.29, 1.82) is 0 Å². The molecule has 0 aromatic heterocycles. The van der Waals surface area contributed by atoms with Crippen molar-refractivity contribution in [2.75, 3.05) is 0 Å². The molecule has 2 rings (SSSR count). The number of rotatable bonds is 3. The molecule has 1 aliphatic carbocycles. The highest BCUT2D eigenvalue weighted by Crippen LogP contribution is 2.28. The fourth-order valence-corrected chi connectivity index (χ4v) is 2.64. The minimum atomic E-state index is -0.993. The smallest absolute Gasteiger partial charge is 0.312 e. The van der Waals surface area contributed by atoms with Crippen molar-refractivity contribution in [3.63, 3.8) is 0 Å². The summed E-state index contributed by atoms with van der Waals surface area (Å²) in [4.78, 5) is 38.6. The molecule has 0 fully saturated rings. The molecule has 0 bridgehead atoms. The number of ketones is 1. The summed E-state index contributed by atoms with van der Waals surface area (Å²) in [5, 5.41) is 12.4. The third-order valence-corrected chi connectivity index (χ3v) is 4.66. The number of benzene rings is 1. The van der Waals surface area contributed by atoms with Gasteiger partial charge in [-0.3, -0.25) is 14.9 Å². The number of non-ortho nitro benzene ring substituents is 1. The second kappa shape index (κ2) is 7.11. The monoisotopic (exact) mass is 370 g/mol. The van der Waals surface area contributed by atoms with Crippen LogP contribution in [-0.4, -0.2) is 33.1 Å². The standard InChI is InChI=1S/C15H12Cl2N2O5/c1-7-8(2)14(20)12(17)11(16)13(7)18-24-15(21)9-3-5-10(6-4-9)19(22)23/h3-6,11-12H,1-2H3/b18-13+. The largest absolute Gasteiger partial charge is 0.365 e. The molecule has 0 heterocycles. The van der Waals surface area contributed by atoms with E-state index in [1.807, 2.05) is 0 Å². The Bertz CT molecular complexity index is 771. The van der Waals surface area contributed by atoms with Gasteiger partial charge in [-0.25, -0.2) is 4.79 Å². The number of hydrogen-bond acceptors (Lipinski definition) is 6. The number of halogens is 2. The first-order valence-electron chi connectivity index (χ1n) is 6.78. The van der Waals surface area contributed by atoms with Gasteiger partial charge in [0.05, 0.1) is 10.5 Å². The zero-order valence-corrected chi connectivity index (χ0v) is 14.2. The van der Waals surface area contributed by atoms with Crippen LogP contribution in [0.25, 0.3) is 0 Å². The zero-order chi connectivity index (χ0) is 18.0. The van der Waals surface area contributed by atoms with E-state index in [4.69, 9.17) is 28.0 Å². The number of oxime groups is 1. The van der Waals surface area contributed by atoms with Crippen LogP contribution < -0.4 is 0 Å². The molecule has 0 saturated carbocycles. The Morgan fingerprint density at radius 1 is 1.17 bits per heavy atom. The topological polar surface area (TPSA) is 98.9 Å². The Labute approximate surface area is 147 Å². The van der Waals surface area contributed by atoms with Gasteiger partial charge in [-0.1, -0.05) is 5.16 Å². The predicted molar refractivity (Wildman–Crippen MR) is 88.6 cm³/mol. The van der Waals surface area contributed by atoms with Crippen molar-refractivity contribution in [2.24, 2.45) is 5.16 Å². The molecular formula is C15H12Cl2N2O5. The molecular weight excluding hydrogens is 359 g/mol. The highest BCUT2D eigenvalue weighted by Gasteiger charge is 2.37. The van der Waals surface area contributed by atoms with E-state index in [0.29, 0.717) is 11.1 Å². The van der Waals surface area contributed by atoms with Gasteiger partial charge in [-0.05, 0) is 37.1 Å². The van der Waals surface area contributed by atoms with Gasteiger partial charge in [-0.15, -0.1) is 23.2 Å². The van der Waals surface area contributed by atoms with E-state index in [1.54, 1.807) is 13.8 Å². The summed E-state index contributed by atoms with van der Waals surface area (Å²) in [6.07, 6.45) is 0. The van der Waals surface area contributed by atoms with Crippen LogP contribution in [0.4, 0.5) is 5.69 Å². The van der Waals surface area contributed by atoms with Gasteiger partial charge in [0.25, 0.3) is 5.69 Å². The van der Waals surface area contributed by atoms with Crippen LogP contribution in [0.5, 0.6) is 0 Å². The minimum Gasteiger partial charge on any atom is -0.312 e. The highest BCUT2D eigenvalue weighted by molar-refractivity contribution is 6.48. The van der Waals surface area contributed by atoms with Crippen LogP contribution in [0.3, 0.4) is 0 Å². The molecule has 0 amide bonds. The maximum absolute atomic E-state index is 12.0. The van der Waals surface area contributed by atoms with Crippen LogP contribution in [-0.2, 0) is 9.63 Å². The molecule has 0 spiro atoms. The average molecular weight is 371 g/mol. The third-order valence-electron chi connectivity index (χ3n) is 3.63. The molecule has 7 nitrogen and oxygen atoms in total. The fourth-order valence-electron chi connectivity index (χ4n) is 2.04. The molecule has 1 aromatic rings. The third kappa shape index (κ3) is 3.47.